The molecule has 0 bridgehead atoms. The number of carboxylic acid groups (broad SMARTS) is 1. The highest BCUT2D eigenvalue weighted by Crippen LogP contribution is 2.36. The number of fused-ring (bicyclic) bond motifs is 1. The molecule has 1 aliphatic carbocycles. The summed E-state index contributed by atoms with van der Waals surface area (Å²) in [6.45, 7) is 0.877. The van der Waals surface area contributed by atoms with E-state index in [4.69, 9.17) is 5.11 Å². The number of thioether (sulfide) groups is 1. The van der Waals surface area contributed by atoms with E-state index in [1.807, 2.05) is 4.90 Å². The first-order valence-corrected chi connectivity index (χ1v) is 7.43. The number of carbonyl (C=O) groups is 2. The van der Waals surface area contributed by atoms with Crippen molar-refractivity contribution in [1.82, 2.24) is 4.90 Å². The van der Waals surface area contributed by atoms with E-state index in [-0.39, 0.29) is 11.7 Å². The number of aliphatic carboxylic acids is 1. The third-order valence-electron chi connectivity index (χ3n) is 3.78. The highest BCUT2D eigenvalue weighted by atomic mass is 32.2. The monoisotopic (exact) mass is 257 g/mol. The maximum absolute atomic E-state index is 12.0. The zero-order valence-electron chi connectivity index (χ0n) is 9.93. The summed E-state index contributed by atoms with van der Waals surface area (Å²) in [4.78, 5) is 24.4. The number of likely N-dealkylation sites (tertiary alicyclic amines) is 1. The van der Waals surface area contributed by atoms with Gasteiger partial charge in [-0.2, -0.15) is 0 Å². The smallest absolute Gasteiger partial charge is 0.313 e. The number of hydrogen-bond donors (Lipinski definition) is 1. The molecule has 2 atom stereocenters. The van der Waals surface area contributed by atoms with E-state index in [1.54, 1.807) is 0 Å². The Morgan fingerprint density at radius 1 is 1.18 bits per heavy atom. The molecule has 2 aliphatic rings. The van der Waals surface area contributed by atoms with Crippen LogP contribution in [0, 0.1) is 5.92 Å². The maximum Gasteiger partial charge on any atom is 0.313 e. The van der Waals surface area contributed by atoms with Crippen molar-refractivity contribution in [2.45, 2.75) is 38.1 Å². The fraction of sp³-hybridized carbons (Fsp3) is 0.833. The first-order chi connectivity index (χ1) is 8.18. The molecule has 0 aromatic heterocycles. The van der Waals surface area contributed by atoms with E-state index >= 15 is 0 Å². The van der Waals surface area contributed by atoms with Crippen molar-refractivity contribution < 1.29 is 14.7 Å². The SMILES string of the molecule is O=C(O)CSCC(=O)N1CCC2CCCCC21. The van der Waals surface area contributed by atoms with Gasteiger partial charge in [0.25, 0.3) is 0 Å². The molecule has 0 spiro atoms. The predicted molar refractivity (Wildman–Crippen MR) is 67.0 cm³/mol. The zero-order chi connectivity index (χ0) is 12.3. The van der Waals surface area contributed by atoms with E-state index in [2.05, 4.69) is 0 Å². The van der Waals surface area contributed by atoms with Crippen LogP contribution in [-0.4, -0.2) is 46.0 Å². The Morgan fingerprint density at radius 3 is 2.71 bits per heavy atom. The summed E-state index contributed by atoms with van der Waals surface area (Å²) in [5.41, 5.74) is 0. The third kappa shape index (κ3) is 3.15. The molecule has 1 saturated heterocycles. The molecule has 4 nitrogen and oxygen atoms in total. The molecule has 2 unspecified atom stereocenters. The number of rotatable bonds is 4. The Kier molecular flexibility index (Phi) is 4.31. The molecule has 17 heavy (non-hydrogen) atoms. The molecule has 0 aromatic carbocycles. The van der Waals surface area contributed by atoms with Crippen LogP contribution in [0.5, 0.6) is 0 Å². The number of amides is 1. The van der Waals surface area contributed by atoms with Gasteiger partial charge in [0.15, 0.2) is 0 Å². The van der Waals surface area contributed by atoms with Crippen LogP contribution in [0.1, 0.15) is 32.1 Å². The van der Waals surface area contributed by atoms with E-state index < -0.39 is 5.97 Å². The Morgan fingerprint density at radius 2 is 1.94 bits per heavy atom. The second-order valence-electron chi connectivity index (χ2n) is 4.87. The molecule has 96 valence electrons. The second kappa shape index (κ2) is 5.76. The molecule has 0 radical (unpaired) electrons. The zero-order valence-corrected chi connectivity index (χ0v) is 10.7. The van der Waals surface area contributed by atoms with Crippen LogP contribution in [0.15, 0.2) is 0 Å². The summed E-state index contributed by atoms with van der Waals surface area (Å²) in [5, 5.41) is 8.53. The highest BCUT2D eigenvalue weighted by molar-refractivity contribution is 8.00. The van der Waals surface area contributed by atoms with Crippen molar-refractivity contribution in [2.24, 2.45) is 5.92 Å². The van der Waals surface area contributed by atoms with Crippen molar-refractivity contribution in [3.63, 3.8) is 0 Å². The van der Waals surface area contributed by atoms with Crippen molar-refractivity contribution in [2.75, 3.05) is 18.1 Å². The van der Waals surface area contributed by atoms with Gasteiger partial charge < -0.3 is 10.0 Å². The average molecular weight is 257 g/mol. The second-order valence-corrected chi connectivity index (χ2v) is 5.86. The Hall–Kier alpha value is -0.710. The molecule has 1 amide bonds. The lowest BCUT2D eigenvalue weighted by atomic mass is 9.85. The Labute approximate surface area is 106 Å². The summed E-state index contributed by atoms with van der Waals surface area (Å²) in [5.74, 6) is 0.325. The molecule has 1 saturated carbocycles. The minimum Gasteiger partial charge on any atom is -0.481 e. The summed E-state index contributed by atoms with van der Waals surface area (Å²) >= 11 is 1.20. The first-order valence-electron chi connectivity index (χ1n) is 6.27. The third-order valence-corrected chi connectivity index (χ3v) is 4.68. The van der Waals surface area contributed by atoms with Gasteiger partial charge >= 0.3 is 5.97 Å². The largest absolute Gasteiger partial charge is 0.481 e. The minimum atomic E-state index is -0.847. The van der Waals surface area contributed by atoms with Crippen LogP contribution in [-0.2, 0) is 9.59 Å². The van der Waals surface area contributed by atoms with E-state index in [1.165, 1.54) is 31.0 Å². The van der Waals surface area contributed by atoms with Crippen LogP contribution in [0.25, 0.3) is 0 Å². The van der Waals surface area contributed by atoms with Gasteiger partial charge in [-0.15, -0.1) is 11.8 Å². The number of hydrogen-bond acceptors (Lipinski definition) is 3. The van der Waals surface area contributed by atoms with Crippen LogP contribution in [0.4, 0.5) is 0 Å². The number of carbonyl (C=O) groups excluding carboxylic acids is 1. The van der Waals surface area contributed by atoms with Gasteiger partial charge in [0.05, 0.1) is 11.5 Å². The molecule has 1 aliphatic heterocycles. The van der Waals surface area contributed by atoms with Gasteiger partial charge in [-0.3, -0.25) is 9.59 Å². The van der Waals surface area contributed by atoms with Gasteiger partial charge in [0.2, 0.25) is 5.91 Å². The standard InChI is InChI=1S/C12H19NO3S/c14-11(7-17-8-12(15)16)13-6-5-9-3-1-2-4-10(9)13/h9-10H,1-8H2,(H,15,16). The van der Waals surface area contributed by atoms with Crippen LogP contribution < -0.4 is 0 Å². The first kappa shape index (κ1) is 12.7. The summed E-state index contributed by atoms with van der Waals surface area (Å²) in [6, 6.07) is 0.446. The minimum absolute atomic E-state index is 0.0215. The van der Waals surface area contributed by atoms with E-state index in [9.17, 15) is 9.59 Å². The molecular formula is C12H19NO3S. The van der Waals surface area contributed by atoms with Gasteiger partial charge in [0, 0.05) is 12.6 Å². The highest BCUT2D eigenvalue weighted by Gasteiger charge is 2.37. The molecule has 2 fully saturated rings. The normalized spacial score (nSPS) is 27.9. The van der Waals surface area contributed by atoms with Crippen LogP contribution >= 0.6 is 11.8 Å². The Balaban J connectivity index is 1.81. The van der Waals surface area contributed by atoms with Gasteiger partial charge in [-0.25, -0.2) is 0 Å². The number of carboxylic acids is 1. The summed E-state index contributed by atoms with van der Waals surface area (Å²) in [7, 11) is 0. The lowest BCUT2D eigenvalue weighted by molar-refractivity contribution is -0.133. The van der Waals surface area contributed by atoms with Crippen LogP contribution in [0.2, 0.25) is 0 Å². The fourth-order valence-electron chi connectivity index (χ4n) is 3.02. The van der Waals surface area contributed by atoms with Gasteiger partial charge in [0.1, 0.15) is 0 Å². The molecule has 0 aromatic rings. The van der Waals surface area contributed by atoms with Crippen molar-refractivity contribution in [3.05, 3.63) is 0 Å². The molecule has 1 N–H and O–H groups in total. The average Bonchev–Trinajstić information content (AvgIpc) is 2.72. The molecule has 1 heterocycles. The summed E-state index contributed by atoms with van der Waals surface area (Å²) < 4.78 is 0. The van der Waals surface area contributed by atoms with E-state index in [0.29, 0.717) is 17.7 Å². The van der Waals surface area contributed by atoms with Crippen molar-refractivity contribution in [1.29, 1.82) is 0 Å². The fourth-order valence-corrected chi connectivity index (χ4v) is 3.64. The Bertz CT molecular complexity index is 308. The van der Waals surface area contributed by atoms with Gasteiger partial charge in [-0.1, -0.05) is 12.8 Å². The molecular weight excluding hydrogens is 238 g/mol. The lowest BCUT2D eigenvalue weighted by Gasteiger charge is -2.31. The van der Waals surface area contributed by atoms with E-state index in [0.717, 1.165) is 19.4 Å². The molecule has 2 rings (SSSR count). The quantitative estimate of drug-likeness (QED) is 0.831. The molecule has 5 heteroatoms. The van der Waals surface area contributed by atoms with Crippen molar-refractivity contribution in [3.8, 4) is 0 Å². The maximum atomic E-state index is 12.0. The van der Waals surface area contributed by atoms with Crippen LogP contribution in [0.3, 0.4) is 0 Å². The predicted octanol–water partition coefficient (Wildman–Crippen LogP) is 1.60. The number of nitrogens with zero attached hydrogens (tertiary/aromatic N) is 1. The van der Waals surface area contributed by atoms with Crippen molar-refractivity contribution >= 4 is 23.6 Å². The topological polar surface area (TPSA) is 57.6 Å². The lowest BCUT2D eigenvalue weighted by Crippen LogP contribution is -2.40. The van der Waals surface area contributed by atoms with Gasteiger partial charge in [-0.05, 0) is 25.2 Å². The summed E-state index contributed by atoms with van der Waals surface area (Å²) in [6.07, 6.45) is 6.07.